The third-order valence-corrected chi connectivity index (χ3v) is 3.32. The Balaban J connectivity index is 2.31. The molecule has 0 aliphatic carbocycles. The number of aldehydes is 1. The van der Waals surface area contributed by atoms with Crippen molar-refractivity contribution in [3.8, 4) is 22.6 Å². The summed E-state index contributed by atoms with van der Waals surface area (Å²) in [7, 11) is 0. The molecule has 3 nitrogen and oxygen atoms in total. The zero-order valence-electron chi connectivity index (χ0n) is 10.6. The van der Waals surface area contributed by atoms with E-state index in [1.165, 1.54) is 18.2 Å². The number of carbonyl (C=O) groups is 1. The molecular weight excluding hydrogens is 252 g/mol. The topological polar surface area (TPSA) is 57.5 Å². The highest BCUT2D eigenvalue weighted by Gasteiger charge is 2.11. The van der Waals surface area contributed by atoms with Gasteiger partial charge in [0.1, 0.15) is 11.5 Å². The number of rotatable bonds is 2. The molecular formula is C17H12O3. The first-order valence-electron chi connectivity index (χ1n) is 6.19. The number of hydrogen-bond donors (Lipinski definition) is 2. The number of carbonyl (C=O) groups excluding carboxylic acids is 1. The van der Waals surface area contributed by atoms with E-state index in [4.69, 9.17) is 0 Å². The molecule has 0 aliphatic heterocycles. The molecule has 20 heavy (non-hydrogen) atoms. The highest BCUT2D eigenvalue weighted by Crippen LogP contribution is 2.36. The van der Waals surface area contributed by atoms with Crippen LogP contribution in [0.15, 0.2) is 54.6 Å². The average Bonchev–Trinajstić information content (AvgIpc) is 2.46. The van der Waals surface area contributed by atoms with Crippen LogP contribution in [0, 0.1) is 0 Å². The quantitative estimate of drug-likeness (QED) is 0.693. The minimum Gasteiger partial charge on any atom is -0.508 e. The molecule has 98 valence electrons. The predicted molar refractivity (Wildman–Crippen MR) is 78.1 cm³/mol. The van der Waals surface area contributed by atoms with Gasteiger partial charge in [-0.1, -0.05) is 24.3 Å². The standard InChI is InChI=1S/C17H12O3/c18-10-13-5-6-14(19)9-15(13)16-7-11-3-1-2-4-12(11)8-17(16)20/h1-10,19-20H. The van der Waals surface area contributed by atoms with E-state index in [-0.39, 0.29) is 11.5 Å². The molecule has 0 amide bonds. The summed E-state index contributed by atoms with van der Waals surface area (Å²) in [4.78, 5) is 11.1. The van der Waals surface area contributed by atoms with Crippen LogP contribution in [-0.4, -0.2) is 16.5 Å². The molecule has 0 unspecified atom stereocenters. The fraction of sp³-hybridized carbons (Fsp3) is 0. The molecule has 0 aromatic heterocycles. The second-order valence-electron chi connectivity index (χ2n) is 4.61. The van der Waals surface area contributed by atoms with Crippen LogP contribution in [0.1, 0.15) is 10.4 Å². The Kier molecular flexibility index (Phi) is 2.88. The van der Waals surface area contributed by atoms with Crippen LogP contribution in [0.2, 0.25) is 0 Å². The lowest BCUT2D eigenvalue weighted by Gasteiger charge is -2.10. The van der Waals surface area contributed by atoms with Crippen LogP contribution in [-0.2, 0) is 0 Å². The summed E-state index contributed by atoms with van der Waals surface area (Å²) in [6, 6.07) is 15.6. The van der Waals surface area contributed by atoms with Crippen molar-refractivity contribution in [2.24, 2.45) is 0 Å². The SMILES string of the molecule is O=Cc1ccc(O)cc1-c1cc2ccccc2cc1O. The number of fused-ring (bicyclic) bond motifs is 1. The normalized spacial score (nSPS) is 10.6. The van der Waals surface area contributed by atoms with Crippen LogP contribution in [0.5, 0.6) is 11.5 Å². The summed E-state index contributed by atoms with van der Waals surface area (Å²) >= 11 is 0. The monoisotopic (exact) mass is 264 g/mol. The van der Waals surface area contributed by atoms with Gasteiger partial charge in [0.05, 0.1) is 0 Å². The van der Waals surface area contributed by atoms with E-state index < -0.39 is 0 Å². The number of phenols is 2. The van der Waals surface area contributed by atoms with Gasteiger partial charge in [-0.05, 0) is 46.7 Å². The van der Waals surface area contributed by atoms with Crippen molar-refractivity contribution in [1.82, 2.24) is 0 Å². The lowest BCUT2D eigenvalue weighted by molar-refractivity contribution is 0.112. The lowest BCUT2D eigenvalue weighted by atomic mass is 9.96. The third kappa shape index (κ3) is 1.99. The van der Waals surface area contributed by atoms with E-state index in [1.54, 1.807) is 6.07 Å². The third-order valence-electron chi connectivity index (χ3n) is 3.32. The van der Waals surface area contributed by atoms with Gasteiger partial charge in [-0.25, -0.2) is 0 Å². The second kappa shape index (κ2) is 4.70. The summed E-state index contributed by atoms with van der Waals surface area (Å²) in [5.41, 5.74) is 1.47. The van der Waals surface area contributed by atoms with Gasteiger partial charge in [-0.15, -0.1) is 0 Å². The molecule has 0 heterocycles. The molecule has 0 fully saturated rings. The Hall–Kier alpha value is -2.81. The molecule has 0 saturated heterocycles. The second-order valence-corrected chi connectivity index (χ2v) is 4.61. The maximum atomic E-state index is 11.1. The highest BCUT2D eigenvalue weighted by atomic mass is 16.3. The largest absolute Gasteiger partial charge is 0.508 e. The molecule has 0 aliphatic rings. The first-order chi connectivity index (χ1) is 9.69. The van der Waals surface area contributed by atoms with Crippen molar-refractivity contribution >= 4 is 17.1 Å². The smallest absolute Gasteiger partial charge is 0.150 e. The molecule has 0 atom stereocenters. The van der Waals surface area contributed by atoms with Crippen molar-refractivity contribution in [2.75, 3.05) is 0 Å². The number of benzene rings is 3. The van der Waals surface area contributed by atoms with Gasteiger partial charge < -0.3 is 10.2 Å². The molecule has 0 radical (unpaired) electrons. The molecule has 0 spiro atoms. The molecule has 3 aromatic carbocycles. The summed E-state index contributed by atoms with van der Waals surface area (Å²) in [5.74, 6) is 0.135. The molecule has 0 saturated carbocycles. The van der Waals surface area contributed by atoms with Gasteiger partial charge in [0.15, 0.2) is 6.29 Å². The van der Waals surface area contributed by atoms with E-state index >= 15 is 0 Å². The Labute approximate surface area is 115 Å². The van der Waals surface area contributed by atoms with Crippen LogP contribution < -0.4 is 0 Å². The Morgan fingerprint density at radius 1 is 0.800 bits per heavy atom. The van der Waals surface area contributed by atoms with Crippen molar-refractivity contribution in [2.45, 2.75) is 0 Å². The average molecular weight is 264 g/mol. The van der Waals surface area contributed by atoms with Gasteiger partial charge in [0.2, 0.25) is 0 Å². The zero-order valence-corrected chi connectivity index (χ0v) is 10.6. The molecule has 3 aromatic rings. The Morgan fingerprint density at radius 3 is 2.20 bits per heavy atom. The zero-order chi connectivity index (χ0) is 14.1. The molecule has 3 rings (SSSR count). The number of aromatic hydroxyl groups is 2. The minimum absolute atomic E-state index is 0.0539. The lowest BCUT2D eigenvalue weighted by Crippen LogP contribution is -1.88. The van der Waals surface area contributed by atoms with E-state index in [0.29, 0.717) is 23.0 Å². The van der Waals surface area contributed by atoms with Crippen LogP contribution in [0.4, 0.5) is 0 Å². The minimum atomic E-state index is 0.0539. The van der Waals surface area contributed by atoms with Crippen molar-refractivity contribution in [3.05, 3.63) is 60.2 Å². The maximum absolute atomic E-state index is 11.1. The van der Waals surface area contributed by atoms with Crippen LogP contribution in [0.25, 0.3) is 21.9 Å². The van der Waals surface area contributed by atoms with Crippen LogP contribution in [0.3, 0.4) is 0 Å². The van der Waals surface area contributed by atoms with Gasteiger partial charge in [-0.2, -0.15) is 0 Å². The maximum Gasteiger partial charge on any atom is 0.150 e. The van der Waals surface area contributed by atoms with Gasteiger partial charge in [0.25, 0.3) is 0 Å². The van der Waals surface area contributed by atoms with E-state index in [0.717, 1.165) is 10.8 Å². The molecule has 2 N–H and O–H groups in total. The van der Waals surface area contributed by atoms with E-state index in [9.17, 15) is 15.0 Å². The summed E-state index contributed by atoms with van der Waals surface area (Å²) in [6.07, 6.45) is 0.712. The highest BCUT2D eigenvalue weighted by molar-refractivity contribution is 5.95. The van der Waals surface area contributed by atoms with Gasteiger partial charge in [-0.3, -0.25) is 4.79 Å². The Bertz CT molecular complexity index is 806. The fourth-order valence-corrected chi connectivity index (χ4v) is 2.32. The van der Waals surface area contributed by atoms with Crippen molar-refractivity contribution in [3.63, 3.8) is 0 Å². The fourth-order valence-electron chi connectivity index (χ4n) is 2.32. The van der Waals surface area contributed by atoms with Gasteiger partial charge in [0, 0.05) is 11.1 Å². The summed E-state index contributed by atoms with van der Waals surface area (Å²) in [5, 5.41) is 21.7. The number of phenolic OH excluding ortho intramolecular Hbond substituents is 2. The predicted octanol–water partition coefficient (Wildman–Crippen LogP) is 3.73. The molecule has 0 bridgehead atoms. The first kappa shape index (κ1) is 12.2. The van der Waals surface area contributed by atoms with E-state index in [1.807, 2.05) is 30.3 Å². The van der Waals surface area contributed by atoms with Crippen LogP contribution >= 0.6 is 0 Å². The Morgan fingerprint density at radius 2 is 1.50 bits per heavy atom. The number of hydrogen-bond acceptors (Lipinski definition) is 3. The van der Waals surface area contributed by atoms with Crippen molar-refractivity contribution < 1.29 is 15.0 Å². The summed E-state index contributed by atoms with van der Waals surface area (Å²) < 4.78 is 0. The van der Waals surface area contributed by atoms with Crippen molar-refractivity contribution in [1.29, 1.82) is 0 Å². The first-order valence-corrected chi connectivity index (χ1v) is 6.19. The van der Waals surface area contributed by atoms with E-state index in [2.05, 4.69) is 0 Å². The van der Waals surface area contributed by atoms with Gasteiger partial charge >= 0.3 is 0 Å². The molecule has 3 heteroatoms. The summed E-state index contributed by atoms with van der Waals surface area (Å²) in [6.45, 7) is 0.